The maximum absolute atomic E-state index is 12.8. The van der Waals surface area contributed by atoms with Gasteiger partial charge < -0.3 is 17.9 Å². The Morgan fingerprint density at radius 3 is 1.97 bits per heavy atom. The van der Waals surface area contributed by atoms with Crippen LogP contribution in [0, 0.1) is 14.4 Å². The van der Waals surface area contributed by atoms with Gasteiger partial charge in [-0.1, -0.05) is 102 Å². The number of benzene rings is 3. The van der Waals surface area contributed by atoms with E-state index in [0.29, 0.717) is 11.1 Å². The van der Waals surface area contributed by atoms with Crippen molar-refractivity contribution in [3.63, 3.8) is 0 Å². The van der Waals surface area contributed by atoms with Crippen molar-refractivity contribution >= 4 is 19.7 Å². The Morgan fingerprint density at radius 2 is 1.43 bits per heavy atom. The van der Waals surface area contributed by atoms with Gasteiger partial charge in [0, 0.05) is 0 Å². The first kappa shape index (κ1) is 26.5. The average molecular weight is 530 g/mol. The molecule has 0 aliphatic rings. The first-order valence-electron chi connectivity index (χ1n) is 8.89. The molecule has 0 aliphatic carbocycles. The molecule has 160 valence electrons. The van der Waals surface area contributed by atoms with Crippen LogP contribution in [-0.2, 0) is 33.1 Å². The fourth-order valence-corrected chi connectivity index (χ4v) is 4.29. The van der Waals surface area contributed by atoms with E-state index < -0.39 is 22.1 Å². The molecule has 0 bridgehead atoms. The minimum atomic E-state index is -3.75. The molecular formula is C23H25ClN2O2RuS. The summed E-state index contributed by atoms with van der Waals surface area (Å²) in [5, 5.41) is 0. The van der Waals surface area contributed by atoms with Crippen molar-refractivity contribution < 1.29 is 25.7 Å². The van der Waals surface area contributed by atoms with E-state index in [1.165, 1.54) is 0 Å². The van der Waals surface area contributed by atoms with Crippen molar-refractivity contribution in [2.24, 2.45) is 0 Å². The number of nitrogens with one attached hydrogen (secondary N) is 1. The summed E-state index contributed by atoms with van der Waals surface area (Å²) in [4.78, 5) is 0. The van der Waals surface area contributed by atoms with Crippen LogP contribution in [-0.4, -0.2) is 8.42 Å². The zero-order valence-corrected chi connectivity index (χ0v) is 20.2. The summed E-state index contributed by atoms with van der Waals surface area (Å²) in [7, 11) is 0.822. The van der Waals surface area contributed by atoms with E-state index in [9.17, 15) is 8.42 Å². The van der Waals surface area contributed by atoms with Gasteiger partial charge in [-0.15, -0.1) is 12.1 Å². The van der Waals surface area contributed by atoms with Crippen LogP contribution >= 0.6 is 9.69 Å². The molecule has 2 unspecified atom stereocenters. The third-order valence-electron chi connectivity index (χ3n) is 4.32. The van der Waals surface area contributed by atoms with Crippen molar-refractivity contribution in [2.75, 3.05) is 0 Å². The molecule has 30 heavy (non-hydrogen) atoms. The summed E-state index contributed by atoms with van der Waals surface area (Å²) in [6.07, 6.45) is 0. The predicted octanol–water partition coefficient (Wildman–Crippen LogP) is 6.87. The molecule has 7 heteroatoms. The molecule has 0 aromatic heterocycles. The number of sulfonamides is 1. The Morgan fingerprint density at radius 1 is 0.900 bits per heavy atom. The number of hydrogen-bond acceptors (Lipinski definition) is 2. The van der Waals surface area contributed by atoms with Gasteiger partial charge in [-0.2, -0.15) is 0 Å². The van der Waals surface area contributed by atoms with E-state index in [4.69, 9.17) is 5.73 Å². The first-order valence-corrected chi connectivity index (χ1v) is 12.7. The molecule has 0 saturated carbocycles. The van der Waals surface area contributed by atoms with Gasteiger partial charge in [-0.05, 0) is 12.5 Å². The summed E-state index contributed by atoms with van der Waals surface area (Å²) in [6, 6.07) is 24.2. The molecule has 0 amide bonds. The SMILES string of the molecule is Cc1cccc(CS(=O)(=O)[N-]C(c2ccccc2)C([NH-])c2ccccc2)c1.[CH3-].[Cl][Ru+3]. The summed E-state index contributed by atoms with van der Waals surface area (Å²) in [5.74, 6) is -0.167. The second kappa shape index (κ2) is 13.0. The van der Waals surface area contributed by atoms with Crippen molar-refractivity contribution in [1.29, 1.82) is 0 Å². The zero-order valence-electron chi connectivity index (χ0n) is 16.8. The molecule has 1 N–H and O–H groups in total. The van der Waals surface area contributed by atoms with E-state index in [-0.39, 0.29) is 13.2 Å². The molecule has 0 aliphatic heterocycles. The second-order valence-corrected chi connectivity index (χ2v) is 8.23. The van der Waals surface area contributed by atoms with Gasteiger partial charge in [-0.25, -0.2) is 8.42 Å². The van der Waals surface area contributed by atoms with E-state index in [0.717, 1.165) is 11.1 Å². The number of hydrogen-bond donors (Lipinski definition) is 0. The number of nitrogens with zero attached hydrogens (tertiary/aromatic N) is 1. The third kappa shape index (κ3) is 7.94. The molecule has 3 aromatic rings. The molecule has 0 fully saturated rings. The van der Waals surface area contributed by atoms with Crippen molar-refractivity contribution in [2.45, 2.75) is 24.8 Å². The summed E-state index contributed by atoms with van der Waals surface area (Å²) < 4.78 is 29.7. The van der Waals surface area contributed by atoms with E-state index in [1.54, 1.807) is 6.07 Å². The molecule has 0 radical (unpaired) electrons. The summed E-state index contributed by atoms with van der Waals surface area (Å²) in [5.41, 5.74) is 11.8. The van der Waals surface area contributed by atoms with E-state index in [1.807, 2.05) is 103 Å². The van der Waals surface area contributed by atoms with E-state index in [2.05, 4.69) is 14.4 Å². The fraction of sp³-hybridized carbons (Fsp3) is 0.174. The fourth-order valence-electron chi connectivity index (χ4n) is 3.03. The molecule has 3 aromatic carbocycles. The Bertz CT molecular complexity index is 986. The molecule has 2 atom stereocenters. The number of halogens is 1. The quantitative estimate of drug-likeness (QED) is 0.247. The number of rotatable bonds is 7. The summed E-state index contributed by atoms with van der Waals surface area (Å²) in [6.45, 7) is 1.93. The topological polar surface area (TPSA) is 72.0 Å². The van der Waals surface area contributed by atoms with Crippen LogP contribution in [0.2, 0.25) is 0 Å². The van der Waals surface area contributed by atoms with Gasteiger partial charge in [0.25, 0.3) is 0 Å². The molecule has 0 spiro atoms. The van der Waals surface area contributed by atoms with Crippen LogP contribution in [0.5, 0.6) is 0 Å². The van der Waals surface area contributed by atoms with Gasteiger partial charge in [0.1, 0.15) is 0 Å². The van der Waals surface area contributed by atoms with Crippen molar-refractivity contribution in [1.82, 2.24) is 0 Å². The zero-order chi connectivity index (χ0) is 21.3. The minimum absolute atomic E-state index is 0. The Labute approximate surface area is 194 Å². The van der Waals surface area contributed by atoms with Crippen LogP contribution in [0.15, 0.2) is 84.9 Å². The van der Waals surface area contributed by atoms with Gasteiger partial charge in [0.15, 0.2) is 0 Å². The van der Waals surface area contributed by atoms with Gasteiger partial charge in [-0.3, -0.25) is 0 Å². The molecular weight excluding hydrogens is 505 g/mol. The Balaban J connectivity index is 0.00000146. The Kier molecular flexibility index (Phi) is 11.5. The molecule has 0 saturated heterocycles. The van der Waals surface area contributed by atoms with Crippen LogP contribution in [0.1, 0.15) is 34.3 Å². The Hall–Kier alpha value is -1.56. The van der Waals surface area contributed by atoms with Gasteiger partial charge in [0.05, 0.1) is 15.8 Å². The monoisotopic (exact) mass is 530 g/mol. The molecule has 4 nitrogen and oxygen atoms in total. The van der Waals surface area contributed by atoms with Crippen LogP contribution in [0.3, 0.4) is 0 Å². The maximum atomic E-state index is 12.8. The standard InChI is InChI=1S/C22H22N2O2S.CH3.ClH.Ru/c1-17-9-8-10-18(15-17)16-27(25,26)24-22(20-13-6-3-7-14-20)21(23)19-11-4-2-5-12-19;;;/h2-15,21-23H,16H2,1H3;1H3;1H;/q-2;-1;;+4/p-1. The average Bonchev–Trinajstić information content (AvgIpc) is 2.74. The number of aryl methyl sites for hydroxylation is 1. The predicted molar refractivity (Wildman–Crippen MR) is 122 cm³/mol. The summed E-state index contributed by atoms with van der Waals surface area (Å²) >= 11 is 1.82. The van der Waals surface area contributed by atoms with E-state index >= 15 is 0 Å². The van der Waals surface area contributed by atoms with Gasteiger partial charge >= 0.3 is 27.0 Å². The van der Waals surface area contributed by atoms with Gasteiger partial charge in [0.2, 0.25) is 0 Å². The van der Waals surface area contributed by atoms with Crippen LogP contribution < -0.4 is 0 Å². The van der Waals surface area contributed by atoms with Crippen LogP contribution in [0.25, 0.3) is 10.5 Å². The molecule has 0 heterocycles. The third-order valence-corrected chi connectivity index (χ3v) is 5.57. The van der Waals surface area contributed by atoms with Crippen molar-refractivity contribution in [3.8, 4) is 0 Å². The van der Waals surface area contributed by atoms with Crippen molar-refractivity contribution in [3.05, 3.63) is 125 Å². The molecule has 3 rings (SSSR count). The normalized spacial score (nSPS) is 12.6. The van der Waals surface area contributed by atoms with Crippen LogP contribution in [0.4, 0.5) is 0 Å². The first-order chi connectivity index (χ1) is 13.9. The second-order valence-electron chi connectivity index (χ2n) is 6.56.